The van der Waals surface area contributed by atoms with E-state index in [-0.39, 0.29) is 4.90 Å². The first kappa shape index (κ1) is 16.0. The molecule has 0 fully saturated rings. The fourth-order valence-electron chi connectivity index (χ4n) is 1.72. The number of hydrogen-bond donors (Lipinski definition) is 1. The first-order valence-electron chi connectivity index (χ1n) is 6.83. The quantitative estimate of drug-likeness (QED) is 0.679. The minimum atomic E-state index is -3.63. The van der Waals surface area contributed by atoms with Crippen LogP contribution in [-0.2, 0) is 10.0 Å². The molecule has 1 N–H and O–H groups in total. The molecule has 2 aromatic rings. The van der Waals surface area contributed by atoms with Gasteiger partial charge in [-0.05, 0) is 37.6 Å². The van der Waals surface area contributed by atoms with Crippen molar-refractivity contribution >= 4 is 21.8 Å². The number of allylic oxidation sites excluding steroid dienone is 1. The third-order valence-electron chi connectivity index (χ3n) is 2.99. The highest BCUT2D eigenvalue weighted by atomic mass is 32.2. The zero-order valence-corrected chi connectivity index (χ0v) is 13.3. The molecule has 0 bridgehead atoms. The first-order chi connectivity index (χ1) is 10.5. The van der Waals surface area contributed by atoms with E-state index in [0.717, 1.165) is 11.1 Å². The summed E-state index contributed by atoms with van der Waals surface area (Å²) in [5, 5.41) is 3.90. The molecular weight excluding hydrogens is 296 g/mol. The van der Waals surface area contributed by atoms with Crippen LogP contribution in [0.3, 0.4) is 0 Å². The standard InChI is InChI=1S/C17H18N2O2S/c1-14-8-12-17(13-9-14)22(20,21)19-18-15(2)10-11-16-6-4-3-5-7-16/h3-13,19H,1-2H3/b11-10?,18-15+. The minimum absolute atomic E-state index is 0.196. The van der Waals surface area contributed by atoms with Gasteiger partial charge in [-0.2, -0.15) is 18.4 Å². The summed E-state index contributed by atoms with van der Waals surface area (Å²) in [5.41, 5.74) is 2.60. The highest BCUT2D eigenvalue weighted by molar-refractivity contribution is 7.89. The van der Waals surface area contributed by atoms with Crippen LogP contribution in [0.15, 0.2) is 70.7 Å². The molecule has 0 aromatic heterocycles. The van der Waals surface area contributed by atoms with Crippen molar-refractivity contribution in [1.29, 1.82) is 0 Å². The van der Waals surface area contributed by atoms with E-state index in [2.05, 4.69) is 9.93 Å². The topological polar surface area (TPSA) is 58.5 Å². The summed E-state index contributed by atoms with van der Waals surface area (Å²) >= 11 is 0. The Labute approximate surface area is 131 Å². The Kier molecular flexibility index (Phi) is 5.12. The van der Waals surface area contributed by atoms with Gasteiger partial charge in [-0.3, -0.25) is 0 Å². The fourth-order valence-corrected chi connectivity index (χ4v) is 2.58. The fraction of sp³-hybridized carbons (Fsp3) is 0.118. The molecule has 0 saturated heterocycles. The van der Waals surface area contributed by atoms with Crippen LogP contribution in [0.2, 0.25) is 0 Å². The number of nitrogens with zero attached hydrogens (tertiary/aromatic N) is 1. The van der Waals surface area contributed by atoms with E-state index in [1.807, 2.05) is 43.3 Å². The van der Waals surface area contributed by atoms with E-state index >= 15 is 0 Å². The molecule has 0 aliphatic heterocycles. The number of hydrazone groups is 1. The van der Waals surface area contributed by atoms with Gasteiger partial charge in [0.25, 0.3) is 10.0 Å². The lowest BCUT2D eigenvalue weighted by Gasteiger charge is -2.04. The predicted molar refractivity (Wildman–Crippen MR) is 90.1 cm³/mol. The van der Waals surface area contributed by atoms with E-state index < -0.39 is 10.0 Å². The van der Waals surface area contributed by atoms with Crippen molar-refractivity contribution in [3.8, 4) is 0 Å². The van der Waals surface area contributed by atoms with Gasteiger partial charge in [0.2, 0.25) is 0 Å². The molecule has 2 rings (SSSR count). The molecule has 0 amide bonds. The van der Waals surface area contributed by atoms with Gasteiger partial charge < -0.3 is 0 Å². The van der Waals surface area contributed by atoms with Crippen molar-refractivity contribution in [3.63, 3.8) is 0 Å². The monoisotopic (exact) mass is 314 g/mol. The summed E-state index contributed by atoms with van der Waals surface area (Å²) in [6.45, 7) is 3.64. The molecule has 0 atom stereocenters. The highest BCUT2D eigenvalue weighted by Crippen LogP contribution is 2.09. The van der Waals surface area contributed by atoms with Crippen LogP contribution < -0.4 is 4.83 Å². The van der Waals surface area contributed by atoms with Gasteiger partial charge in [-0.25, -0.2) is 0 Å². The normalized spacial score (nSPS) is 12.5. The molecule has 0 heterocycles. The summed E-state index contributed by atoms with van der Waals surface area (Å²) in [6.07, 6.45) is 3.63. The zero-order chi connectivity index (χ0) is 16.0. The summed E-state index contributed by atoms with van der Waals surface area (Å²) in [4.78, 5) is 2.44. The highest BCUT2D eigenvalue weighted by Gasteiger charge is 2.11. The van der Waals surface area contributed by atoms with Crippen molar-refractivity contribution < 1.29 is 8.42 Å². The van der Waals surface area contributed by atoms with E-state index in [1.165, 1.54) is 0 Å². The molecule has 5 heteroatoms. The SMILES string of the molecule is C/C(C=Cc1ccccc1)=N\NS(=O)(=O)c1ccc(C)cc1. The second-order valence-corrected chi connectivity index (χ2v) is 6.57. The first-order valence-corrected chi connectivity index (χ1v) is 8.31. The number of rotatable bonds is 5. The maximum absolute atomic E-state index is 12.1. The average molecular weight is 314 g/mol. The molecule has 0 spiro atoms. The maximum atomic E-state index is 12.1. The molecule has 0 saturated carbocycles. The second kappa shape index (κ2) is 7.04. The lowest BCUT2D eigenvalue weighted by Crippen LogP contribution is -2.19. The largest absolute Gasteiger partial charge is 0.276 e. The molecule has 0 aliphatic rings. The van der Waals surface area contributed by atoms with E-state index in [1.54, 1.807) is 37.3 Å². The number of sulfonamides is 1. The maximum Gasteiger partial charge on any atom is 0.276 e. The second-order valence-electron chi connectivity index (χ2n) is 4.90. The van der Waals surface area contributed by atoms with Crippen LogP contribution in [0.25, 0.3) is 6.08 Å². The van der Waals surface area contributed by atoms with Crippen molar-refractivity contribution in [3.05, 3.63) is 71.8 Å². The lowest BCUT2D eigenvalue weighted by molar-refractivity contribution is 0.584. The van der Waals surface area contributed by atoms with E-state index in [0.29, 0.717) is 5.71 Å². The van der Waals surface area contributed by atoms with E-state index in [4.69, 9.17) is 0 Å². The van der Waals surface area contributed by atoms with Gasteiger partial charge in [-0.15, -0.1) is 0 Å². The summed E-state index contributed by atoms with van der Waals surface area (Å²) in [5.74, 6) is 0. The summed E-state index contributed by atoms with van der Waals surface area (Å²) in [6, 6.07) is 16.3. The zero-order valence-electron chi connectivity index (χ0n) is 12.5. The molecule has 114 valence electrons. The number of nitrogens with one attached hydrogen (secondary N) is 1. The van der Waals surface area contributed by atoms with Gasteiger partial charge in [0, 0.05) is 0 Å². The Morgan fingerprint density at radius 3 is 2.32 bits per heavy atom. The average Bonchev–Trinajstić information content (AvgIpc) is 2.52. The third kappa shape index (κ3) is 4.56. The lowest BCUT2D eigenvalue weighted by atomic mass is 10.2. The molecule has 0 aliphatic carbocycles. The van der Waals surface area contributed by atoms with Gasteiger partial charge in [-0.1, -0.05) is 54.1 Å². The third-order valence-corrected chi connectivity index (χ3v) is 4.21. The van der Waals surface area contributed by atoms with Crippen LogP contribution in [0, 0.1) is 6.92 Å². The van der Waals surface area contributed by atoms with Crippen LogP contribution in [0.4, 0.5) is 0 Å². The number of benzene rings is 2. The van der Waals surface area contributed by atoms with Gasteiger partial charge in [0.15, 0.2) is 0 Å². The molecule has 2 aromatic carbocycles. The Bertz CT molecular complexity index is 777. The van der Waals surface area contributed by atoms with Gasteiger partial charge >= 0.3 is 0 Å². The molecular formula is C17H18N2O2S. The van der Waals surface area contributed by atoms with Crippen LogP contribution >= 0.6 is 0 Å². The van der Waals surface area contributed by atoms with Gasteiger partial charge in [0.1, 0.15) is 0 Å². The van der Waals surface area contributed by atoms with Crippen molar-refractivity contribution in [2.45, 2.75) is 18.7 Å². The van der Waals surface area contributed by atoms with E-state index in [9.17, 15) is 8.42 Å². The summed E-state index contributed by atoms with van der Waals surface area (Å²) in [7, 11) is -3.63. The molecule has 4 nitrogen and oxygen atoms in total. The van der Waals surface area contributed by atoms with Crippen LogP contribution in [-0.4, -0.2) is 14.1 Å². The molecule has 0 unspecified atom stereocenters. The number of hydrogen-bond acceptors (Lipinski definition) is 3. The van der Waals surface area contributed by atoms with Crippen LogP contribution in [0.1, 0.15) is 18.1 Å². The Morgan fingerprint density at radius 1 is 1.05 bits per heavy atom. The Balaban J connectivity index is 2.06. The van der Waals surface area contributed by atoms with Crippen molar-refractivity contribution in [2.75, 3.05) is 0 Å². The smallest absolute Gasteiger partial charge is 0.200 e. The van der Waals surface area contributed by atoms with Crippen molar-refractivity contribution in [1.82, 2.24) is 4.83 Å². The Morgan fingerprint density at radius 2 is 1.68 bits per heavy atom. The minimum Gasteiger partial charge on any atom is -0.200 e. The van der Waals surface area contributed by atoms with Gasteiger partial charge in [0.05, 0.1) is 10.6 Å². The molecule has 0 radical (unpaired) electrons. The molecule has 22 heavy (non-hydrogen) atoms. The predicted octanol–water partition coefficient (Wildman–Crippen LogP) is 3.36. The van der Waals surface area contributed by atoms with Crippen LogP contribution in [0.5, 0.6) is 0 Å². The van der Waals surface area contributed by atoms with Crippen molar-refractivity contribution in [2.24, 2.45) is 5.10 Å². The number of aryl methyl sites for hydroxylation is 1. The summed E-state index contributed by atoms with van der Waals surface area (Å²) < 4.78 is 24.2. The Hall–Kier alpha value is -2.40.